The van der Waals surface area contributed by atoms with E-state index in [0.29, 0.717) is 23.3 Å². The van der Waals surface area contributed by atoms with Crippen LogP contribution in [0.2, 0.25) is 0 Å². The van der Waals surface area contributed by atoms with Crippen LogP contribution in [0.4, 0.5) is 17.2 Å². The van der Waals surface area contributed by atoms with Crippen LogP contribution < -0.4 is 20.3 Å². The molecule has 3 heterocycles. The molecule has 1 atom stereocenters. The first-order valence-corrected chi connectivity index (χ1v) is 12.9. The maximum atomic E-state index is 11.8. The summed E-state index contributed by atoms with van der Waals surface area (Å²) in [5.74, 6) is 2.12. The van der Waals surface area contributed by atoms with Gasteiger partial charge in [-0.3, -0.25) is 4.79 Å². The molecule has 0 unspecified atom stereocenters. The Morgan fingerprint density at radius 2 is 2.10 bits per heavy atom. The highest BCUT2D eigenvalue weighted by atomic mass is 16.5. The molecule has 2 N–H and O–H groups in total. The van der Waals surface area contributed by atoms with E-state index in [1.54, 1.807) is 23.3 Å². The minimum Gasteiger partial charge on any atom is -0.439 e. The number of nitrogens with one attached hydrogen (secondary N) is 2. The Labute approximate surface area is 232 Å². The molecule has 0 saturated carbocycles. The first kappa shape index (κ1) is 26.5. The smallest absolute Gasteiger partial charge is 0.243 e. The molecule has 1 saturated heterocycles. The van der Waals surface area contributed by atoms with Crippen LogP contribution in [0.3, 0.4) is 0 Å². The third-order valence-electron chi connectivity index (χ3n) is 6.74. The average molecular weight is 538 g/mol. The highest BCUT2D eigenvalue weighted by Crippen LogP contribution is 2.31. The van der Waals surface area contributed by atoms with E-state index in [4.69, 9.17) is 4.74 Å². The monoisotopic (exact) mass is 537 g/mol. The fourth-order valence-electron chi connectivity index (χ4n) is 4.66. The third kappa shape index (κ3) is 5.98. The summed E-state index contributed by atoms with van der Waals surface area (Å²) in [4.78, 5) is 27.1. The zero-order valence-corrected chi connectivity index (χ0v) is 22.5. The lowest BCUT2D eigenvalue weighted by molar-refractivity contribution is -0.117. The molecule has 0 spiro atoms. The molecule has 11 heteroatoms. The standard InChI is InChI=1S/C29H31N9O2/c1-5-27(39)34-21-7-6-12-38(16-21)22-9-10-24-23(14-22)29(32-17-31-24)35-20-8-11-25(19(2)13-20)40-28(30-3)15-26-36-33-18-37(26)4/h5,8-11,13-15,17-18,21H,1,3,6-7,12,16H2,2,4H3,(H,34,39)(H,31,32,35)/b28-15+/t21-/m0/s1. The number of benzene rings is 2. The number of fused-ring (bicyclic) bond motifs is 1. The van der Waals surface area contributed by atoms with Gasteiger partial charge in [-0.2, -0.15) is 0 Å². The van der Waals surface area contributed by atoms with E-state index in [2.05, 4.69) is 66.1 Å². The van der Waals surface area contributed by atoms with Gasteiger partial charge in [0, 0.05) is 49.0 Å². The van der Waals surface area contributed by atoms with Crippen LogP contribution in [0.1, 0.15) is 24.2 Å². The van der Waals surface area contributed by atoms with Gasteiger partial charge < -0.3 is 24.8 Å². The highest BCUT2D eigenvalue weighted by molar-refractivity contribution is 5.93. The van der Waals surface area contributed by atoms with E-state index in [0.717, 1.165) is 53.8 Å². The molecule has 1 amide bonds. The average Bonchev–Trinajstić information content (AvgIpc) is 3.37. The van der Waals surface area contributed by atoms with E-state index in [9.17, 15) is 4.79 Å². The van der Waals surface area contributed by atoms with E-state index in [1.165, 1.54) is 6.08 Å². The van der Waals surface area contributed by atoms with Gasteiger partial charge in [-0.1, -0.05) is 6.58 Å². The second-order valence-corrected chi connectivity index (χ2v) is 9.57. The number of ether oxygens (including phenoxy) is 1. The van der Waals surface area contributed by atoms with Gasteiger partial charge in [0.1, 0.15) is 24.2 Å². The molecule has 204 valence electrons. The summed E-state index contributed by atoms with van der Waals surface area (Å²) in [5, 5.41) is 15.3. The Hall–Kier alpha value is -5.06. The topological polar surface area (TPSA) is 122 Å². The van der Waals surface area contributed by atoms with Crippen molar-refractivity contribution in [3.8, 4) is 5.75 Å². The largest absolute Gasteiger partial charge is 0.439 e. The SMILES string of the molecule is C=CC(=O)N[C@H]1CCCN(c2ccc3ncnc(Nc4ccc(O/C(=C/c5nncn5C)N=C)c(C)c4)c3c2)C1. The number of aryl methyl sites for hydroxylation is 2. The van der Waals surface area contributed by atoms with Crippen molar-refractivity contribution in [3.63, 3.8) is 0 Å². The molecule has 1 fully saturated rings. The molecule has 2 aromatic heterocycles. The molecular weight excluding hydrogens is 506 g/mol. The number of hydrogen-bond acceptors (Lipinski definition) is 9. The molecule has 0 aliphatic carbocycles. The normalized spacial score (nSPS) is 15.5. The van der Waals surface area contributed by atoms with Crippen LogP contribution in [0.5, 0.6) is 5.75 Å². The summed E-state index contributed by atoms with van der Waals surface area (Å²) in [6.45, 7) is 10.8. The number of amides is 1. The summed E-state index contributed by atoms with van der Waals surface area (Å²) < 4.78 is 7.74. The van der Waals surface area contributed by atoms with Crippen LogP contribution in [0.25, 0.3) is 17.0 Å². The van der Waals surface area contributed by atoms with Crippen molar-refractivity contribution < 1.29 is 9.53 Å². The number of carbonyl (C=O) groups excluding carboxylic acids is 1. The summed E-state index contributed by atoms with van der Waals surface area (Å²) in [7, 11) is 1.84. The van der Waals surface area contributed by atoms with Crippen molar-refractivity contribution in [2.24, 2.45) is 12.0 Å². The molecule has 0 radical (unpaired) electrons. The van der Waals surface area contributed by atoms with Gasteiger partial charge in [-0.25, -0.2) is 15.0 Å². The number of rotatable bonds is 9. The van der Waals surface area contributed by atoms with Gasteiger partial charge in [0.05, 0.1) is 5.52 Å². The zero-order chi connectivity index (χ0) is 28.1. The lowest BCUT2D eigenvalue weighted by Gasteiger charge is -2.34. The Balaban J connectivity index is 1.35. The van der Waals surface area contributed by atoms with Gasteiger partial charge in [-0.05, 0) is 74.5 Å². The van der Waals surface area contributed by atoms with Gasteiger partial charge in [-0.15, -0.1) is 10.2 Å². The van der Waals surface area contributed by atoms with Crippen molar-refractivity contribution in [3.05, 3.63) is 79.0 Å². The molecule has 2 aromatic carbocycles. The van der Waals surface area contributed by atoms with Crippen molar-refractivity contribution in [1.82, 2.24) is 30.0 Å². The second kappa shape index (κ2) is 11.8. The van der Waals surface area contributed by atoms with Gasteiger partial charge in [0.15, 0.2) is 5.82 Å². The molecular formula is C29H31N9O2. The van der Waals surface area contributed by atoms with Crippen LogP contribution in [0, 0.1) is 6.92 Å². The van der Waals surface area contributed by atoms with Crippen molar-refractivity contribution in [1.29, 1.82) is 0 Å². The predicted molar refractivity (Wildman–Crippen MR) is 157 cm³/mol. The summed E-state index contributed by atoms with van der Waals surface area (Å²) in [5.41, 5.74) is 3.65. The number of anilines is 3. The quantitative estimate of drug-likeness (QED) is 0.185. The fraction of sp³-hybridized carbons (Fsp3) is 0.241. The molecule has 11 nitrogen and oxygen atoms in total. The lowest BCUT2D eigenvalue weighted by atomic mass is 10.0. The predicted octanol–water partition coefficient (Wildman–Crippen LogP) is 4.16. The van der Waals surface area contributed by atoms with Crippen LogP contribution >= 0.6 is 0 Å². The first-order chi connectivity index (χ1) is 19.4. The minimum absolute atomic E-state index is 0.0790. The van der Waals surface area contributed by atoms with E-state index >= 15 is 0 Å². The maximum absolute atomic E-state index is 11.8. The third-order valence-corrected chi connectivity index (χ3v) is 6.74. The number of hydrogen-bond donors (Lipinski definition) is 2. The lowest BCUT2D eigenvalue weighted by Crippen LogP contribution is -2.47. The second-order valence-electron chi connectivity index (χ2n) is 9.57. The maximum Gasteiger partial charge on any atom is 0.243 e. The van der Waals surface area contributed by atoms with Crippen LogP contribution in [-0.4, -0.2) is 56.5 Å². The molecule has 4 aromatic rings. The molecule has 0 bridgehead atoms. The zero-order valence-electron chi connectivity index (χ0n) is 22.5. The summed E-state index contributed by atoms with van der Waals surface area (Å²) >= 11 is 0. The summed E-state index contributed by atoms with van der Waals surface area (Å²) in [6.07, 6.45) is 8.07. The number of aromatic nitrogens is 5. The Morgan fingerprint density at radius 1 is 1.23 bits per heavy atom. The Kier molecular flexibility index (Phi) is 7.81. The Bertz CT molecular complexity index is 1590. The first-order valence-electron chi connectivity index (χ1n) is 12.9. The van der Waals surface area contributed by atoms with E-state index in [1.807, 2.05) is 38.2 Å². The molecule has 1 aliphatic rings. The molecule has 40 heavy (non-hydrogen) atoms. The van der Waals surface area contributed by atoms with Crippen molar-refractivity contribution in [2.75, 3.05) is 23.3 Å². The van der Waals surface area contributed by atoms with E-state index < -0.39 is 0 Å². The van der Waals surface area contributed by atoms with Gasteiger partial charge in [0.25, 0.3) is 0 Å². The number of aliphatic imine (C=N–C) groups is 1. The van der Waals surface area contributed by atoms with Crippen molar-refractivity contribution in [2.45, 2.75) is 25.8 Å². The fourth-order valence-corrected chi connectivity index (χ4v) is 4.66. The van der Waals surface area contributed by atoms with Crippen LogP contribution in [-0.2, 0) is 11.8 Å². The number of carbonyl (C=O) groups is 1. The number of piperidine rings is 1. The van der Waals surface area contributed by atoms with Crippen LogP contribution in [0.15, 0.2) is 72.6 Å². The van der Waals surface area contributed by atoms with Crippen molar-refractivity contribution >= 4 is 46.8 Å². The Morgan fingerprint density at radius 3 is 2.85 bits per heavy atom. The van der Waals surface area contributed by atoms with E-state index in [-0.39, 0.29) is 11.9 Å². The highest BCUT2D eigenvalue weighted by Gasteiger charge is 2.21. The number of nitrogens with zero attached hydrogens (tertiary/aromatic N) is 7. The molecule has 1 aliphatic heterocycles. The van der Waals surface area contributed by atoms with Gasteiger partial charge in [0.2, 0.25) is 11.8 Å². The minimum atomic E-state index is -0.143. The van der Waals surface area contributed by atoms with Gasteiger partial charge >= 0.3 is 0 Å². The molecule has 5 rings (SSSR count). The summed E-state index contributed by atoms with van der Waals surface area (Å²) in [6, 6.07) is 12.0.